The molecule has 0 aliphatic rings. The Balaban J connectivity index is 1.95. The number of aromatic nitrogens is 4. The summed E-state index contributed by atoms with van der Waals surface area (Å²) in [5, 5.41) is 11.2. The Morgan fingerprint density at radius 1 is 1.24 bits per heavy atom. The van der Waals surface area contributed by atoms with Crippen molar-refractivity contribution in [3.8, 4) is 0 Å². The summed E-state index contributed by atoms with van der Waals surface area (Å²) in [6, 6.07) is 0. The topological polar surface area (TPSA) is 93.8 Å². The highest BCUT2D eigenvalue weighted by atomic mass is 32.2. The molecule has 0 aliphatic heterocycles. The predicted molar refractivity (Wildman–Crippen MR) is 78.0 cm³/mol. The number of sulfonamides is 1. The molecule has 21 heavy (non-hydrogen) atoms. The molecule has 0 aromatic carbocycles. The number of nitrogens with one attached hydrogen (secondary N) is 2. The molecule has 0 amide bonds. The maximum absolute atomic E-state index is 12.1. The summed E-state index contributed by atoms with van der Waals surface area (Å²) in [5.74, 6) is 0. The van der Waals surface area contributed by atoms with E-state index in [0.717, 1.165) is 18.7 Å². The Kier molecular flexibility index (Phi) is 5.10. The van der Waals surface area contributed by atoms with E-state index in [9.17, 15) is 8.42 Å². The van der Waals surface area contributed by atoms with Gasteiger partial charge in [-0.15, -0.1) is 0 Å². The van der Waals surface area contributed by atoms with Crippen LogP contribution in [-0.4, -0.2) is 41.1 Å². The summed E-state index contributed by atoms with van der Waals surface area (Å²) in [6.45, 7) is 4.48. The van der Waals surface area contributed by atoms with Gasteiger partial charge in [-0.3, -0.25) is 9.36 Å². The lowest BCUT2D eigenvalue weighted by atomic mass is 10.4. The Labute approximate surface area is 124 Å². The molecule has 9 heteroatoms. The molecule has 0 aliphatic carbocycles. The van der Waals surface area contributed by atoms with E-state index in [1.807, 2.05) is 6.92 Å². The van der Waals surface area contributed by atoms with Crippen LogP contribution in [0.4, 0.5) is 0 Å². The molecular weight excluding hydrogens is 292 g/mol. The summed E-state index contributed by atoms with van der Waals surface area (Å²) in [4.78, 5) is 0.169. The van der Waals surface area contributed by atoms with Crippen LogP contribution >= 0.6 is 0 Å². The van der Waals surface area contributed by atoms with Crippen molar-refractivity contribution >= 4 is 10.0 Å². The fourth-order valence-electron chi connectivity index (χ4n) is 1.80. The minimum Gasteiger partial charge on any atom is -0.315 e. The predicted octanol–water partition coefficient (Wildman–Crippen LogP) is -0.295. The third-order valence-corrected chi connectivity index (χ3v) is 4.27. The van der Waals surface area contributed by atoms with E-state index in [0.29, 0.717) is 6.54 Å². The van der Waals surface area contributed by atoms with E-state index in [-0.39, 0.29) is 11.4 Å². The van der Waals surface area contributed by atoms with Crippen molar-refractivity contribution in [3.63, 3.8) is 0 Å². The summed E-state index contributed by atoms with van der Waals surface area (Å²) < 4.78 is 30.1. The monoisotopic (exact) mass is 312 g/mol. The van der Waals surface area contributed by atoms with E-state index in [4.69, 9.17) is 0 Å². The second kappa shape index (κ2) is 6.83. The fourth-order valence-corrected chi connectivity index (χ4v) is 2.77. The van der Waals surface area contributed by atoms with Crippen LogP contribution in [0.25, 0.3) is 0 Å². The largest absolute Gasteiger partial charge is 0.315 e. The van der Waals surface area contributed by atoms with Crippen LogP contribution in [-0.2, 0) is 30.2 Å². The van der Waals surface area contributed by atoms with Gasteiger partial charge in [0.1, 0.15) is 4.90 Å². The number of rotatable bonds is 8. The van der Waals surface area contributed by atoms with Crippen LogP contribution in [0.15, 0.2) is 29.7 Å². The van der Waals surface area contributed by atoms with Crippen molar-refractivity contribution in [2.24, 2.45) is 7.05 Å². The first-order valence-corrected chi connectivity index (χ1v) is 8.20. The Bertz CT molecular complexity index is 675. The number of nitrogens with zero attached hydrogens (tertiary/aromatic N) is 4. The maximum atomic E-state index is 12.1. The molecule has 0 fully saturated rings. The van der Waals surface area contributed by atoms with Gasteiger partial charge in [0.25, 0.3) is 0 Å². The van der Waals surface area contributed by atoms with E-state index < -0.39 is 10.0 Å². The zero-order chi connectivity index (χ0) is 15.3. The van der Waals surface area contributed by atoms with Gasteiger partial charge in [0.2, 0.25) is 10.0 Å². The van der Waals surface area contributed by atoms with Crippen molar-refractivity contribution in [1.29, 1.82) is 0 Å². The fraction of sp³-hybridized carbons (Fsp3) is 0.500. The summed E-state index contributed by atoms with van der Waals surface area (Å²) in [6.07, 6.45) is 6.28. The van der Waals surface area contributed by atoms with Gasteiger partial charge in [0, 0.05) is 38.1 Å². The van der Waals surface area contributed by atoms with Crippen LogP contribution < -0.4 is 10.0 Å². The van der Waals surface area contributed by atoms with Crippen LogP contribution in [0.5, 0.6) is 0 Å². The normalized spacial score (nSPS) is 11.9. The zero-order valence-electron chi connectivity index (χ0n) is 12.2. The standard InChI is InChI=1S/C12H20N6O2S/c1-3-13-4-5-18-10-12(8-15-18)21(19,20)16-7-11-6-14-17(2)9-11/h6,8-10,13,16H,3-5,7H2,1-2H3. The second-order valence-electron chi connectivity index (χ2n) is 4.64. The average Bonchev–Trinajstić information content (AvgIpc) is 3.06. The highest BCUT2D eigenvalue weighted by molar-refractivity contribution is 7.89. The average molecular weight is 312 g/mol. The number of likely N-dealkylation sites (N-methyl/N-ethyl adjacent to an activating group) is 1. The molecule has 0 radical (unpaired) electrons. The number of hydrogen-bond donors (Lipinski definition) is 2. The van der Waals surface area contributed by atoms with Crippen LogP contribution in [0, 0.1) is 0 Å². The van der Waals surface area contributed by atoms with E-state index in [2.05, 4.69) is 20.2 Å². The molecule has 0 saturated heterocycles. The first-order chi connectivity index (χ1) is 10.0. The van der Waals surface area contributed by atoms with Crippen LogP contribution in [0.3, 0.4) is 0 Å². The Morgan fingerprint density at radius 3 is 2.71 bits per heavy atom. The first kappa shape index (κ1) is 15.7. The van der Waals surface area contributed by atoms with Crippen molar-refractivity contribution in [2.45, 2.75) is 24.9 Å². The highest BCUT2D eigenvalue weighted by Crippen LogP contribution is 2.08. The minimum absolute atomic E-state index is 0.169. The molecule has 0 unspecified atom stereocenters. The summed E-state index contributed by atoms with van der Waals surface area (Å²) >= 11 is 0. The molecule has 116 valence electrons. The molecule has 0 atom stereocenters. The van der Waals surface area contributed by atoms with Gasteiger partial charge in [-0.25, -0.2) is 13.1 Å². The molecule has 0 saturated carbocycles. The van der Waals surface area contributed by atoms with Gasteiger partial charge in [-0.2, -0.15) is 10.2 Å². The second-order valence-corrected chi connectivity index (χ2v) is 6.41. The van der Waals surface area contributed by atoms with Crippen molar-refractivity contribution in [2.75, 3.05) is 13.1 Å². The van der Waals surface area contributed by atoms with Gasteiger partial charge >= 0.3 is 0 Å². The molecule has 8 nitrogen and oxygen atoms in total. The number of hydrogen-bond acceptors (Lipinski definition) is 5. The first-order valence-electron chi connectivity index (χ1n) is 6.71. The van der Waals surface area contributed by atoms with Crippen molar-refractivity contribution < 1.29 is 8.42 Å². The lowest BCUT2D eigenvalue weighted by molar-refractivity contribution is 0.562. The molecule has 0 spiro atoms. The molecule has 2 aromatic heterocycles. The third-order valence-electron chi connectivity index (χ3n) is 2.91. The molecule has 2 rings (SSSR count). The summed E-state index contributed by atoms with van der Waals surface area (Å²) in [7, 11) is -1.77. The van der Waals surface area contributed by atoms with Gasteiger partial charge in [0.15, 0.2) is 0 Å². The SMILES string of the molecule is CCNCCn1cc(S(=O)(=O)NCc2cnn(C)c2)cn1. The van der Waals surface area contributed by atoms with Crippen molar-refractivity contribution in [3.05, 3.63) is 30.4 Å². The van der Waals surface area contributed by atoms with Gasteiger partial charge in [0.05, 0.1) is 18.9 Å². The molecular formula is C12H20N6O2S. The van der Waals surface area contributed by atoms with Gasteiger partial charge in [-0.05, 0) is 6.54 Å². The molecule has 2 aromatic rings. The molecule has 2 N–H and O–H groups in total. The third kappa shape index (κ3) is 4.38. The highest BCUT2D eigenvalue weighted by Gasteiger charge is 2.16. The number of aryl methyl sites for hydroxylation is 1. The van der Waals surface area contributed by atoms with E-state index in [1.165, 1.54) is 12.4 Å². The van der Waals surface area contributed by atoms with Gasteiger partial charge in [-0.1, -0.05) is 6.92 Å². The smallest absolute Gasteiger partial charge is 0.243 e. The van der Waals surface area contributed by atoms with E-state index in [1.54, 1.807) is 28.8 Å². The van der Waals surface area contributed by atoms with E-state index >= 15 is 0 Å². The molecule has 2 heterocycles. The van der Waals surface area contributed by atoms with Gasteiger partial charge < -0.3 is 5.32 Å². The zero-order valence-corrected chi connectivity index (χ0v) is 13.0. The Morgan fingerprint density at radius 2 is 2.05 bits per heavy atom. The van der Waals surface area contributed by atoms with Crippen LogP contribution in [0.2, 0.25) is 0 Å². The quantitative estimate of drug-likeness (QED) is 0.653. The lowest BCUT2D eigenvalue weighted by Gasteiger charge is -2.03. The molecule has 0 bridgehead atoms. The Hall–Kier alpha value is -1.71. The maximum Gasteiger partial charge on any atom is 0.243 e. The van der Waals surface area contributed by atoms with Crippen molar-refractivity contribution in [1.82, 2.24) is 29.6 Å². The van der Waals surface area contributed by atoms with Crippen LogP contribution in [0.1, 0.15) is 12.5 Å². The lowest BCUT2D eigenvalue weighted by Crippen LogP contribution is -2.23. The minimum atomic E-state index is -3.55. The summed E-state index contributed by atoms with van der Waals surface area (Å²) in [5.41, 5.74) is 0.806.